The van der Waals surface area contributed by atoms with Crippen LogP contribution in [0, 0.1) is 0 Å². The van der Waals surface area contributed by atoms with Crippen molar-refractivity contribution in [1.29, 1.82) is 0 Å². The molecule has 0 fully saturated rings. The molecule has 0 radical (unpaired) electrons. The van der Waals surface area contributed by atoms with E-state index in [0.29, 0.717) is 5.56 Å². The summed E-state index contributed by atoms with van der Waals surface area (Å²) in [7, 11) is 0. The van der Waals surface area contributed by atoms with Gasteiger partial charge in [-0.25, -0.2) is 0 Å². The molecule has 2 heteroatoms. The highest BCUT2D eigenvalue weighted by Crippen LogP contribution is 2.16. The van der Waals surface area contributed by atoms with Crippen LogP contribution >= 0.6 is 0 Å². The van der Waals surface area contributed by atoms with Crippen molar-refractivity contribution in [2.75, 3.05) is 0 Å². The van der Waals surface area contributed by atoms with Crippen molar-refractivity contribution in [3.63, 3.8) is 0 Å². The van der Waals surface area contributed by atoms with Crippen LogP contribution in [0.15, 0.2) is 91.0 Å². The molecule has 3 aromatic carbocycles. The van der Waals surface area contributed by atoms with Crippen molar-refractivity contribution < 1.29 is 4.79 Å². The number of rotatable bonds is 4. The second kappa shape index (κ2) is 7.23. The van der Waals surface area contributed by atoms with Crippen LogP contribution in [-0.4, -0.2) is 5.91 Å². The van der Waals surface area contributed by atoms with E-state index in [1.165, 1.54) is 0 Å². The first-order valence-corrected chi connectivity index (χ1v) is 7.51. The molecule has 3 aromatic rings. The Hall–Kier alpha value is -3.13. The lowest BCUT2D eigenvalue weighted by Gasteiger charge is -2.11. The van der Waals surface area contributed by atoms with Crippen molar-refractivity contribution in [3.05, 3.63) is 108 Å². The van der Waals surface area contributed by atoms with E-state index in [-0.39, 0.29) is 5.91 Å². The summed E-state index contributed by atoms with van der Waals surface area (Å²) in [5.41, 5.74) is 3.44. The van der Waals surface area contributed by atoms with Gasteiger partial charge < -0.3 is 5.32 Å². The van der Waals surface area contributed by atoms with Gasteiger partial charge in [0.2, 0.25) is 0 Å². The van der Waals surface area contributed by atoms with Crippen LogP contribution in [-0.2, 0) is 0 Å². The average Bonchev–Trinajstić information content (AvgIpc) is 2.63. The first-order chi connectivity index (χ1) is 11.3. The van der Waals surface area contributed by atoms with E-state index in [1.807, 2.05) is 84.9 Å². The van der Waals surface area contributed by atoms with Crippen LogP contribution in [0.25, 0.3) is 11.8 Å². The number of hydrogen-bond acceptors (Lipinski definition) is 1. The zero-order valence-electron chi connectivity index (χ0n) is 12.6. The van der Waals surface area contributed by atoms with E-state index in [2.05, 4.69) is 5.32 Å². The van der Waals surface area contributed by atoms with E-state index in [0.717, 1.165) is 16.8 Å². The lowest BCUT2D eigenvalue weighted by Crippen LogP contribution is -2.21. The SMILES string of the molecule is O=C(N/C(=C\c1ccccc1)c1ccccc1)c1ccccc1. The summed E-state index contributed by atoms with van der Waals surface area (Å²) in [5, 5.41) is 3.02. The second-order valence-electron chi connectivity index (χ2n) is 5.15. The Morgan fingerprint density at radius 3 is 1.70 bits per heavy atom. The highest BCUT2D eigenvalue weighted by atomic mass is 16.1. The zero-order valence-corrected chi connectivity index (χ0v) is 12.6. The third-order valence-corrected chi connectivity index (χ3v) is 3.48. The minimum atomic E-state index is -0.114. The summed E-state index contributed by atoms with van der Waals surface area (Å²) in [6.07, 6.45) is 1.98. The van der Waals surface area contributed by atoms with Gasteiger partial charge in [0.25, 0.3) is 5.91 Å². The van der Waals surface area contributed by atoms with Crippen LogP contribution in [0.5, 0.6) is 0 Å². The number of carbonyl (C=O) groups excluding carboxylic acids is 1. The Labute approximate surface area is 136 Å². The van der Waals surface area contributed by atoms with Gasteiger partial charge in [0.05, 0.1) is 0 Å². The first kappa shape index (κ1) is 14.8. The van der Waals surface area contributed by atoms with Gasteiger partial charge in [-0.05, 0) is 29.3 Å². The third-order valence-electron chi connectivity index (χ3n) is 3.48. The largest absolute Gasteiger partial charge is 0.321 e. The van der Waals surface area contributed by atoms with Gasteiger partial charge in [0.1, 0.15) is 0 Å². The van der Waals surface area contributed by atoms with E-state index in [1.54, 1.807) is 12.1 Å². The number of carbonyl (C=O) groups is 1. The summed E-state index contributed by atoms with van der Waals surface area (Å²) >= 11 is 0. The maximum Gasteiger partial charge on any atom is 0.255 e. The molecule has 0 atom stereocenters. The summed E-state index contributed by atoms with van der Waals surface area (Å²) in [6, 6.07) is 29.0. The second-order valence-corrected chi connectivity index (χ2v) is 5.15. The average molecular weight is 299 g/mol. The van der Waals surface area contributed by atoms with Gasteiger partial charge in [0.15, 0.2) is 0 Å². The lowest BCUT2D eigenvalue weighted by atomic mass is 10.1. The van der Waals surface area contributed by atoms with Crippen LogP contribution < -0.4 is 5.32 Å². The molecule has 0 saturated carbocycles. The molecular formula is C21H17NO. The van der Waals surface area contributed by atoms with Gasteiger partial charge in [-0.2, -0.15) is 0 Å². The standard InChI is InChI=1S/C21H17NO/c23-21(19-14-8-3-9-15-19)22-20(18-12-6-2-7-13-18)16-17-10-4-1-5-11-17/h1-16H,(H,22,23)/b20-16-. The van der Waals surface area contributed by atoms with Gasteiger partial charge in [0, 0.05) is 11.3 Å². The third kappa shape index (κ3) is 3.95. The molecule has 3 rings (SSSR count). The highest BCUT2D eigenvalue weighted by Gasteiger charge is 2.09. The van der Waals surface area contributed by atoms with Crippen LogP contribution in [0.3, 0.4) is 0 Å². The number of hydrogen-bond donors (Lipinski definition) is 1. The number of amides is 1. The maximum atomic E-state index is 12.5. The summed E-state index contributed by atoms with van der Waals surface area (Å²) in [5.74, 6) is -0.114. The van der Waals surface area contributed by atoms with E-state index in [4.69, 9.17) is 0 Å². The van der Waals surface area contributed by atoms with Crippen molar-refractivity contribution in [1.82, 2.24) is 5.32 Å². The highest BCUT2D eigenvalue weighted by molar-refractivity contribution is 6.01. The number of nitrogens with one attached hydrogen (secondary N) is 1. The fourth-order valence-corrected chi connectivity index (χ4v) is 2.31. The molecule has 23 heavy (non-hydrogen) atoms. The predicted molar refractivity (Wildman–Crippen MR) is 94.7 cm³/mol. The van der Waals surface area contributed by atoms with Gasteiger partial charge >= 0.3 is 0 Å². The van der Waals surface area contributed by atoms with E-state index in [9.17, 15) is 4.79 Å². The quantitative estimate of drug-likeness (QED) is 0.700. The van der Waals surface area contributed by atoms with Crippen molar-refractivity contribution in [2.24, 2.45) is 0 Å². The van der Waals surface area contributed by atoms with Gasteiger partial charge in [-0.3, -0.25) is 4.79 Å². The molecule has 0 aromatic heterocycles. The van der Waals surface area contributed by atoms with Crippen LogP contribution in [0.1, 0.15) is 21.5 Å². The van der Waals surface area contributed by atoms with Crippen molar-refractivity contribution >= 4 is 17.7 Å². The molecule has 0 heterocycles. The molecule has 0 saturated heterocycles. The Morgan fingerprint density at radius 2 is 1.13 bits per heavy atom. The smallest absolute Gasteiger partial charge is 0.255 e. The zero-order chi connectivity index (χ0) is 15.9. The normalized spacial score (nSPS) is 11.0. The Bertz CT molecular complexity index is 793. The molecule has 0 bridgehead atoms. The minimum absolute atomic E-state index is 0.114. The molecule has 112 valence electrons. The van der Waals surface area contributed by atoms with Crippen LogP contribution in [0.2, 0.25) is 0 Å². The van der Waals surface area contributed by atoms with E-state index >= 15 is 0 Å². The molecular weight excluding hydrogens is 282 g/mol. The molecule has 0 unspecified atom stereocenters. The summed E-state index contributed by atoms with van der Waals surface area (Å²) in [4.78, 5) is 12.5. The number of benzene rings is 3. The Balaban J connectivity index is 1.93. The molecule has 2 nitrogen and oxygen atoms in total. The maximum absolute atomic E-state index is 12.5. The summed E-state index contributed by atoms with van der Waals surface area (Å²) in [6.45, 7) is 0. The van der Waals surface area contributed by atoms with Gasteiger partial charge in [-0.1, -0.05) is 78.9 Å². The molecule has 0 aliphatic carbocycles. The topological polar surface area (TPSA) is 29.1 Å². The fraction of sp³-hybridized carbons (Fsp3) is 0. The van der Waals surface area contributed by atoms with E-state index < -0.39 is 0 Å². The lowest BCUT2D eigenvalue weighted by molar-refractivity contribution is 0.0974. The summed E-state index contributed by atoms with van der Waals surface area (Å²) < 4.78 is 0. The molecule has 0 spiro atoms. The molecule has 0 aliphatic rings. The predicted octanol–water partition coefficient (Wildman–Crippen LogP) is 4.61. The Morgan fingerprint density at radius 1 is 0.652 bits per heavy atom. The molecule has 1 N–H and O–H groups in total. The fourth-order valence-electron chi connectivity index (χ4n) is 2.31. The minimum Gasteiger partial charge on any atom is -0.321 e. The van der Waals surface area contributed by atoms with Gasteiger partial charge in [-0.15, -0.1) is 0 Å². The van der Waals surface area contributed by atoms with Crippen LogP contribution in [0.4, 0.5) is 0 Å². The first-order valence-electron chi connectivity index (χ1n) is 7.51. The molecule has 1 amide bonds. The molecule has 0 aliphatic heterocycles. The Kier molecular flexibility index (Phi) is 4.65. The van der Waals surface area contributed by atoms with Crippen molar-refractivity contribution in [3.8, 4) is 0 Å². The van der Waals surface area contributed by atoms with Crippen molar-refractivity contribution in [2.45, 2.75) is 0 Å². The monoisotopic (exact) mass is 299 g/mol.